The van der Waals surface area contributed by atoms with Crippen LogP contribution in [0.15, 0.2) is 36.1 Å². The van der Waals surface area contributed by atoms with Gasteiger partial charge in [0, 0.05) is 6.54 Å². The largest absolute Gasteiger partial charge is 0.501 e. The molecule has 4 heteroatoms. The molecule has 0 aliphatic rings. The molecule has 0 amide bonds. The van der Waals surface area contributed by atoms with Gasteiger partial charge < -0.3 is 5.11 Å². The van der Waals surface area contributed by atoms with Gasteiger partial charge in [0.05, 0.1) is 13.2 Å². The van der Waals surface area contributed by atoms with Crippen LogP contribution >= 0.6 is 0 Å². The van der Waals surface area contributed by atoms with Crippen LogP contribution in [0, 0.1) is 0 Å². The number of benzene rings is 1. The highest BCUT2D eigenvalue weighted by molar-refractivity contribution is 5.49. The molecular formula is C30H51NO3. The summed E-state index contributed by atoms with van der Waals surface area (Å²) in [6, 6.07) is 9.93. The van der Waals surface area contributed by atoms with E-state index in [-0.39, 0.29) is 12.3 Å². The summed E-state index contributed by atoms with van der Waals surface area (Å²) in [7, 11) is 0. The normalized spacial score (nSPS) is 11.1. The van der Waals surface area contributed by atoms with Gasteiger partial charge in [-0.1, -0.05) is 146 Å². The Morgan fingerprint density at radius 2 is 1.18 bits per heavy atom. The van der Waals surface area contributed by atoms with Gasteiger partial charge in [-0.3, -0.25) is 4.84 Å². The predicted molar refractivity (Wildman–Crippen MR) is 143 cm³/mol. The van der Waals surface area contributed by atoms with Gasteiger partial charge in [0.2, 0.25) is 0 Å². The lowest BCUT2D eigenvalue weighted by Crippen LogP contribution is -2.27. The Morgan fingerprint density at radius 1 is 0.735 bits per heavy atom. The van der Waals surface area contributed by atoms with Crippen LogP contribution in [0.25, 0.3) is 0 Å². The van der Waals surface area contributed by atoms with E-state index in [1.165, 1.54) is 103 Å². The van der Waals surface area contributed by atoms with E-state index in [1.807, 2.05) is 30.3 Å². The highest BCUT2D eigenvalue weighted by Crippen LogP contribution is 2.14. The number of hydrogen-bond acceptors (Lipinski definition) is 4. The van der Waals surface area contributed by atoms with Gasteiger partial charge in [0.25, 0.3) is 0 Å². The maximum absolute atomic E-state index is 10.7. The molecule has 0 bridgehead atoms. The van der Waals surface area contributed by atoms with Crippen molar-refractivity contribution in [1.29, 1.82) is 0 Å². The Morgan fingerprint density at radius 3 is 1.62 bits per heavy atom. The van der Waals surface area contributed by atoms with Crippen molar-refractivity contribution in [1.82, 2.24) is 5.06 Å². The van der Waals surface area contributed by atoms with Crippen LogP contribution in [0.5, 0.6) is 0 Å². The molecule has 0 heterocycles. The highest BCUT2D eigenvalue weighted by Gasteiger charge is 2.09. The zero-order valence-corrected chi connectivity index (χ0v) is 21.9. The summed E-state index contributed by atoms with van der Waals surface area (Å²) in [6.07, 6.45) is 24.4. The summed E-state index contributed by atoms with van der Waals surface area (Å²) in [5, 5.41) is 11.2. The molecule has 1 aromatic rings. The molecule has 0 saturated carbocycles. The third kappa shape index (κ3) is 18.8. The third-order valence-corrected chi connectivity index (χ3v) is 6.46. The maximum Gasteiger partial charge on any atom is 0.193 e. The topological polar surface area (TPSA) is 49.8 Å². The SMILES string of the molecule is CCCCCCCCCCCCCCCCCCCCN(CC(O)=C=O)OCc1ccccc1. The van der Waals surface area contributed by atoms with Gasteiger partial charge in [0.1, 0.15) is 0 Å². The number of nitrogens with zero attached hydrogens (tertiary/aromatic N) is 1. The molecule has 0 atom stereocenters. The molecule has 0 saturated heterocycles. The number of unbranched alkanes of at least 4 members (excludes halogenated alkanes) is 17. The van der Waals surface area contributed by atoms with Gasteiger partial charge in [0.15, 0.2) is 11.7 Å². The second-order valence-electron chi connectivity index (χ2n) is 9.68. The standard InChI is InChI=1S/C30H51NO3/c1-2-3-4-5-6-7-8-9-10-11-12-13-14-15-16-17-18-22-25-31(26-30(33)27-32)34-28-29-23-20-19-21-24-29/h19-21,23-24,33H,2-18,22,25-26,28H2,1H3. The molecule has 1 rings (SSSR count). The molecule has 0 aromatic heterocycles. The van der Waals surface area contributed by atoms with E-state index in [4.69, 9.17) is 4.84 Å². The van der Waals surface area contributed by atoms with Crippen LogP contribution in [0.3, 0.4) is 0 Å². The number of aliphatic hydroxyl groups excluding tert-OH is 1. The maximum atomic E-state index is 10.7. The molecule has 0 fully saturated rings. The van der Waals surface area contributed by atoms with Crippen molar-refractivity contribution in [3.8, 4) is 0 Å². The molecule has 0 radical (unpaired) electrons. The molecular weight excluding hydrogens is 422 g/mol. The first-order valence-corrected chi connectivity index (χ1v) is 14.1. The van der Waals surface area contributed by atoms with Gasteiger partial charge in [-0.15, -0.1) is 0 Å². The second-order valence-corrected chi connectivity index (χ2v) is 9.68. The minimum absolute atomic E-state index is 0.0926. The summed E-state index contributed by atoms with van der Waals surface area (Å²) < 4.78 is 0. The lowest BCUT2D eigenvalue weighted by Gasteiger charge is -2.20. The van der Waals surface area contributed by atoms with Crippen LogP contribution in [-0.4, -0.2) is 29.2 Å². The first kappa shape index (κ1) is 30.4. The van der Waals surface area contributed by atoms with E-state index >= 15 is 0 Å². The lowest BCUT2D eigenvalue weighted by atomic mass is 10.0. The Balaban J connectivity index is 1.93. The summed E-state index contributed by atoms with van der Waals surface area (Å²) >= 11 is 0. The lowest BCUT2D eigenvalue weighted by molar-refractivity contribution is -0.167. The van der Waals surface area contributed by atoms with Gasteiger partial charge in [-0.2, -0.15) is 5.06 Å². The van der Waals surface area contributed by atoms with E-state index in [9.17, 15) is 9.90 Å². The Bertz CT molecular complexity index is 613. The molecule has 0 aliphatic heterocycles. The van der Waals surface area contributed by atoms with Crippen molar-refractivity contribution < 1.29 is 14.7 Å². The fourth-order valence-corrected chi connectivity index (χ4v) is 4.32. The minimum Gasteiger partial charge on any atom is -0.501 e. The number of hydroxylamine groups is 2. The summed E-state index contributed by atoms with van der Waals surface area (Å²) in [6.45, 7) is 3.52. The number of hydrogen-bond donors (Lipinski definition) is 1. The molecule has 0 unspecified atom stereocenters. The van der Waals surface area contributed by atoms with Crippen LogP contribution in [-0.2, 0) is 16.2 Å². The fraction of sp³-hybridized carbons (Fsp3) is 0.733. The van der Waals surface area contributed by atoms with Crippen molar-refractivity contribution in [2.45, 2.75) is 129 Å². The predicted octanol–water partition coefficient (Wildman–Crippen LogP) is 8.74. The van der Waals surface area contributed by atoms with Crippen molar-refractivity contribution in [3.05, 3.63) is 41.7 Å². The van der Waals surface area contributed by atoms with Crippen molar-refractivity contribution in [3.63, 3.8) is 0 Å². The van der Waals surface area contributed by atoms with Crippen LogP contribution in [0.2, 0.25) is 0 Å². The average Bonchev–Trinajstić information content (AvgIpc) is 2.86. The van der Waals surface area contributed by atoms with Crippen molar-refractivity contribution >= 4 is 5.94 Å². The molecule has 0 aliphatic carbocycles. The third-order valence-electron chi connectivity index (χ3n) is 6.46. The zero-order chi connectivity index (χ0) is 24.5. The van der Waals surface area contributed by atoms with E-state index in [0.717, 1.165) is 18.4 Å². The quantitative estimate of drug-likeness (QED) is 0.0705. The van der Waals surface area contributed by atoms with Gasteiger partial charge >= 0.3 is 0 Å². The molecule has 0 spiro atoms. The minimum atomic E-state index is -0.310. The van der Waals surface area contributed by atoms with Crippen molar-refractivity contribution in [2.24, 2.45) is 0 Å². The van der Waals surface area contributed by atoms with Crippen LogP contribution in [0.1, 0.15) is 128 Å². The molecule has 4 nitrogen and oxygen atoms in total. The molecule has 34 heavy (non-hydrogen) atoms. The van der Waals surface area contributed by atoms with E-state index < -0.39 is 0 Å². The Kier molecular flexibility index (Phi) is 20.7. The monoisotopic (exact) mass is 473 g/mol. The van der Waals surface area contributed by atoms with Gasteiger partial charge in [-0.25, -0.2) is 4.79 Å². The molecule has 194 valence electrons. The first-order chi connectivity index (χ1) is 16.8. The number of carbonyl (C=O) groups excluding carboxylic acids is 1. The number of rotatable bonds is 24. The molecule has 1 aromatic carbocycles. The second kappa shape index (κ2) is 23.1. The van der Waals surface area contributed by atoms with E-state index in [0.29, 0.717) is 13.2 Å². The smallest absolute Gasteiger partial charge is 0.193 e. The first-order valence-electron chi connectivity index (χ1n) is 14.1. The summed E-state index contributed by atoms with van der Waals surface area (Å²) in [5.41, 5.74) is 1.07. The zero-order valence-electron chi connectivity index (χ0n) is 21.9. The van der Waals surface area contributed by atoms with E-state index in [1.54, 1.807) is 11.0 Å². The van der Waals surface area contributed by atoms with Crippen molar-refractivity contribution in [2.75, 3.05) is 13.1 Å². The summed E-state index contributed by atoms with van der Waals surface area (Å²) in [4.78, 5) is 16.5. The number of aliphatic hydroxyl groups is 1. The van der Waals surface area contributed by atoms with E-state index in [2.05, 4.69) is 6.92 Å². The van der Waals surface area contributed by atoms with Gasteiger partial charge in [-0.05, 0) is 12.0 Å². The Labute approximate surface area is 209 Å². The Hall–Kier alpha value is -1.61. The van der Waals surface area contributed by atoms with Crippen LogP contribution < -0.4 is 0 Å². The highest BCUT2D eigenvalue weighted by atomic mass is 16.7. The van der Waals surface area contributed by atoms with Crippen LogP contribution in [0.4, 0.5) is 0 Å². The summed E-state index contributed by atoms with van der Waals surface area (Å²) in [5.74, 6) is 1.24. The molecule has 1 N–H and O–H groups in total. The average molecular weight is 474 g/mol. The fourth-order valence-electron chi connectivity index (χ4n) is 4.32.